The molecule has 0 amide bonds. The van der Waals surface area contributed by atoms with E-state index >= 15 is 0 Å². The first-order valence-electron chi connectivity index (χ1n) is 5.27. The Morgan fingerprint density at radius 1 is 1.35 bits per heavy atom. The van der Waals surface area contributed by atoms with E-state index < -0.39 is 0 Å². The van der Waals surface area contributed by atoms with Gasteiger partial charge in [0.25, 0.3) is 0 Å². The molecule has 0 bridgehead atoms. The van der Waals surface area contributed by atoms with Crippen LogP contribution >= 0.6 is 11.5 Å². The molecule has 3 N–H and O–H groups in total. The molecule has 1 aromatic heterocycles. The van der Waals surface area contributed by atoms with Gasteiger partial charge in [-0.2, -0.15) is 4.37 Å². The number of hydrogen-bond acceptors (Lipinski definition) is 6. The van der Waals surface area contributed by atoms with E-state index in [-0.39, 0.29) is 11.5 Å². The standard InChI is InChI=1S/C11H13N3O2S/c1-2-9-13-11(17-14-9)12-6-7-4-3-5-8(15)10(7)16/h3-5,15-16H,2,6H2,1H3,(H,12,13,14). The van der Waals surface area contributed by atoms with Gasteiger partial charge in [0, 0.05) is 30.1 Å². The summed E-state index contributed by atoms with van der Waals surface area (Å²) in [7, 11) is 0. The van der Waals surface area contributed by atoms with Gasteiger partial charge in [0.1, 0.15) is 5.82 Å². The fraction of sp³-hybridized carbons (Fsp3) is 0.273. The van der Waals surface area contributed by atoms with Crippen LogP contribution in [0.4, 0.5) is 5.13 Å². The van der Waals surface area contributed by atoms with Gasteiger partial charge in [-0.1, -0.05) is 19.1 Å². The van der Waals surface area contributed by atoms with Crippen LogP contribution in [-0.4, -0.2) is 19.6 Å². The number of aromatic nitrogens is 2. The summed E-state index contributed by atoms with van der Waals surface area (Å²) in [5, 5.41) is 22.7. The van der Waals surface area contributed by atoms with Crippen molar-refractivity contribution in [3.8, 4) is 11.5 Å². The monoisotopic (exact) mass is 251 g/mol. The summed E-state index contributed by atoms with van der Waals surface area (Å²) >= 11 is 1.29. The highest BCUT2D eigenvalue weighted by Crippen LogP contribution is 2.28. The van der Waals surface area contributed by atoms with Crippen LogP contribution < -0.4 is 5.32 Å². The van der Waals surface area contributed by atoms with E-state index in [9.17, 15) is 10.2 Å². The molecule has 6 heteroatoms. The van der Waals surface area contributed by atoms with Gasteiger partial charge in [0.2, 0.25) is 5.13 Å². The molecule has 0 saturated heterocycles. The van der Waals surface area contributed by atoms with E-state index in [1.54, 1.807) is 12.1 Å². The molecule has 0 aliphatic heterocycles. The number of anilines is 1. The minimum Gasteiger partial charge on any atom is -0.504 e. The lowest BCUT2D eigenvalue weighted by atomic mass is 10.2. The maximum absolute atomic E-state index is 9.60. The number of aryl methyl sites for hydroxylation is 1. The van der Waals surface area contributed by atoms with Gasteiger partial charge in [-0.15, -0.1) is 0 Å². The van der Waals surface area contributed by atoms with Gasteiger partial charge < -0.3 is 15.5 Å². The molecule has 0 radical (unpaired) electrons. The molecule has 0 aliphatic carbocycles. The predicted molar refractivity (Wildman–Crippen MR) is 66.4 cm³/mol. The number of rotatable bonds is 4. The molecule has 0 atom stereocenters. The summed E-state index contributed by atoms with van der Waals surface area (Å²) in [6.45, 7) is 2.39. The average molecular weight is 251 g/mol. The fourth-order valence-corrected chi connectivity index (χ4v) is 2.01. The molecule has 0 saturated carbocycles. The molecular formula is C11H13N3O2S. The summed E-state index contributed by atoms with van der Waals surface area (Å²) in [5.74, 6) is 0.591. The molecular weight excluding hydrogens is 238 g/mol. The molecule has 0 spiro atoms. The lowest BCUT2D eigenvalue weighted by Gasteiger charge is -2.06. The van der Waals surface area contributed by atoms with Crippen molar-refractivity contribution < 1.29 is 10.2 Å². The molecule has 17 heavy (non-hydrogen) atoms. The second kappa shape index (κ2) is 5.01. The maximum atomic E-state index is 9.60. The van der Waals surface area contributed by atoms with Crippen molar-refractivity contribution in [2.24, 2.45) is 0 Å². The minimum absolute atomic E-state index is 0.0970. The van der Waals surface area contributed by atoms with E-state index in [1.807, 2.05) is 6.92 Å². The van der Waals surface area contributed by atoms with Crippen LogP contribution in [-0.2, 0) is 13.0 Å². The molecule has 0 aliphatic rings. The van der Waals surface area contributed by atoms with Crippen LogP contribution in [0.3, 0.4) is 0 Å². The Balaban J connectivity index is 2.04. The Labute approximate surface area is 103 Å². The zero-order valence-corrected chi connectivity index (χ0v) is 10.2. The quantitative estimate of drug-likeness (QED) is 0.725. The third kappa shape index (κ3) is 2.65. The van der Waals surface area contributed by atoms with Crippen LogP contribution in [0.15, 0.2) is 18.2 Å². The third-order valence-corrected chi connectivity index (χ3v) is 3.02. The van der Waals surface area contributed by atoms with Gasteiger partial charge in [-0.25, -0.2) is 4.98 Å². The van der Waals surface area contributed by atoms with Crippen LogP contribution in [0.5, 0.6) is 11.5 Å². The molecule has 90 valence electrons. The number of phenolic OH excluding ortho intramolecular Hbond substituents is 2. The molecule has 2 aromatic rings. The molecule has 0 fully saturated rings. The maximum Gasteiger partial charge on any atom is 0.202 e. The van der Waals surface area contributed by atoms with Gasteiger partial charge in [0.05, 0.1) is 0 Å². The van der Waals surface area contributed by atoms with Crippen LogP contribution in [0.1, 0.15) is 18.3 Å². The number of benzene rings is 1. The normalized spacial score (nSPS) is 10.4. The summed E-state index contributed by atoms with van der Waals surface area (Å²) in [4.78, 5) is 4.25. The van der Waals surface area contributed by atoms with Crippen molar-refractivity contribution >= 4 is 16.7 Å². The van der Waals surface area contributed by atoms with E-state index in [0.717, 1.165) is 12.2 Å². The first kappa shape index (κ1) is 11.7. The van der Waals surface area contributed by atoms with Gasteiger partial charge in [0.15, 0.2) is 11.5 Å². The second-order valence-corrected chi connectivity index (χ2v) is 4.26. The first-order valence-corrected chi connectivity index (χ1v) is 6.04. The fourth-order valence-electron chi connectivity index (χ4n) is 1.36. The summed E-state index contributed by atoms with van der Waals surface area (Å²) in [5.41, 5.74) is 0.623. The summed E-state index contributed by atoms with van der Waals surface area (Å²) < 4.78 is 4.14. The van der Waals surface area contributed by atoms with Crippen LogP contribution in [0.2, 0.25) is 0 Å². The van der Waals surface area contributed by atoms with E-state index in [0.29, 0.717) is 17.2 Å². The van der Waals surface area contributed by atoms with Crippen molar-refractivity contribution in [3.05, 3.63) is 29.6 Å². The lowest BCUT2D eigenvalue weighted by molar-refractivity contribution is 0.400. The summed E-state index contributed by atoms with van der Waals surface area (Å²) in [6.07, 6.45) is 0.801. The molecule has 1 aromatic carbocycles. The minimum atomic E-state index is -0.115. The molecule has 2 rings (SSSR count). The van der Waals surface area contributed by atoms with Crippen LogP contribution in [0, 0.1) is 0 Å². The molecule has 5 nitrogen and oxygen atoms in total. The Hall–Kier alpha value is -1.82. The third-order valence-electron chi connectivity index (χ3n) is 2.31. The Morgan fingerprint density at radius 2 is 2.18 bits per heavy atom. The smallest absolute Gasteiger partial charge is 0.202 e. The van der Waals surface area contributed by atoms with E-state index in [4.69, 9.17) is 0 Å². The number of para-hydroxylation sites is 1. The van der Waals surface area contributed by atoms with Crippen molar-refractivity contribution in [1.82, 2.24) is 9.36 Å². The van der Waals surface area contributed by atoms with Gasteiger partial charge in [-0.05, 0) is 6.07 Å². The Kier molecular flexibility index (Phi) is 3.43. The number of aromatic hydroxyl groups is 2. The van der Waals surface area contributed by atoms with E-state index in [1.165, 1.54) is 17.6 Å². The largest absolute Gasteiger partial charge is 0.504 e. The second-order valence-electron chi connectivity index (χ2n) is 3.51. The predicted octanol–water partition coefficient (Wildman–Crippen LogP) is 2.12. The average Bonchev–Trinajstić information content (AvgIpc) is 2.79. The van der Waals surface area contributed by atoms with Crippen molar-refractivity contribution in [1.29, 1.82) is 0 Å². The van der Waals surface area contributed by atoms with Gasteiger partial charge >= 0.3 is 0 Å². The highest BCUT2D eigenvalue weighted by atomic mass is 32.1. The SMILES string of the molecule is CCc1nsc(NCc2cccc(O)c2O)n1. The first-order chi connectivity index (χ1) is 8.20. The van der Waals surface area contributed by atoms with Crippen LogP contribution in [0.25, 0.3) is 0 Å². The lowest BCUT2D eigenvalue weighted by Crippen LogP contribution is -1.99. The van der Waals surface area contributed by atoms with Crippen molar-refractivity contribution in [2.45, 2.75) is 19.9 Å². The van der Waals surface area contributed by atoms with Crippen molar-refractivity contribution in [3.63, 3.8) is 0 Å². The van der Waals surface area contributed by atoms with E-state index in [2.05, 4.69) is 14.7 Å². The van der Waals surface area contributed by atoms with Crippen molar-refractivity contribution in [2.75, 3.05) is 5.32 Å². The number of nitrogens with one attached hydrogen (secondary N) is 1. The van der Waals surface area contributed by atoms with Gasteiger partial charge in [-0.3, -0.25) is 0 Å². The topological polar surface area (TPSA) is 78.3 Å². The Morgan fingerprint density at radius 3 is 2.88 bits per heavy atom. The molecule has 0 unspecified atom stereocenters. The zero-order chi connectivity index (χ0) is 12.3. The number of nitrogens with zero attached hydrogens (tertiary/aromatic N) is 2. The summed E-state index contributed by atoms with van der Waals surface area (Å²) in [6, 6.07) is 4.87. The highest BCUT2D eigenvalue weighted by molar-refractivity contribution is 7.09. The molecule has 1 heterocycles. The highest BCUT2D eigenvalue weighted by Gasteiger charge is 2.07. The Bertz CT molecular complexity index is 513. The number of hydrogen-bond donors (Lipinski definition) is 3. The number of phenols is 2. The zero-order valence-electron chi connectivity index (χ0n) is 9.34.